The zero-order valence-corrected chi connectivity index (χ0v) is 9.30. The van der Waals surface area contributed by atoms with Crippen LogP contribution in [-0.4, -0.2) is 26.9 Å². The molecule has 0 aromatic carbocycles. The van der Waals surface area contributed by atoms with Crippen LogP contribution in [0.15, 0.2) is 0 Å². The van der Waals surface area contributed by atoms with E-state index in [1.807, 2.05) is 11.6 Å². The van der Waals surface area contributed by atoms with Crippen LogP contribution in [0.4, 0.5) is 0 Å². The van der Waals surface area contributed by atoms with Crippen molar-refractivity contribution in [3.63, 3.8) is 0 Å². The highest BCUT2D eigenvalue weighted by atomic mass is 32.1. The van der Waals surface area contributed by atoms with Gasteiger partial charge in [0.25, 0.3) is 0 Å². The van der Waals surface area contributed by atoms with Crippen molar-refractivity contribution >= 4 is 16.3 Å². The van der Waals surface area contributed by atoms with Crippen molar-refractivity contribution in [1.29, 1.82) is 0 Å². The molecule has 0 bridgehead atoms. The van der Waals surface area contributed by atoms with Crippen molar-refractivity contribution in [2.45, 2.75) is 26.3 Å². The Morgan fingerprint density at radius 3 is 2.86 bits per heavy atom. The van der Waals surface area contributed by atoms with Gasteiger partial charge in [0.15, 0.2) is 5.82 Å². The largest absolute Gasteiger partial charge is 0.313 e. The van der Waals surface area contributed by atoms with E-state index in [2.05, 4.69) is 34.5 Å². The van der Waals surface area contributed by atoms with Crippen molar-refractivity contribution in [3.8, 4) is 0 Å². The summed E-state index contributed by atoms with van der Waals surface area (Å²) in [6.45, 7) is 4.95. The fourth-order valence-corrected chi connectivity index (χ4v) is 2.03. The topological polar surface area (TPSA) is 55.1 Å². The highest BCUT2D eigenvalue weighted by Gasteiger charge is 2.12. The van der Waals surface area contributed by atoms with Gasteiger partial charge in [-0.3, -0.25) is 0 Å². The number of nitrogens with zero attached hydrogens (tertiary/aromatic N) is 4. The van der Waals surface area contributed by atoms with Gasteiger partial charge in [-0.1, -0.05) is 25.2 Å². The molecule has 0 radical (unpaired) electrons. The molecule has 2 aromatic rings. The first-order valence-corrected chi connectivity index (χ1v) is 5.39. The number of nitrogens with one attached hydrogen (secondary N) is 1. The monoisotopic (exact) mass is 211 g/mol. The van der Waals surface area contributed by atoms with Crippen LogP contribution in [0.5, 0.6) is 0 Å². The van der Waals surface area contributed by atoms with E-state index in [-0.39, 0.29) is 0 Å². The molecule has 0 aliphatic heterocycles. The second-order valence-electron chi connectivity index (χ2n) is 3.44. The molecule has 0 amide bonds. The Balaban J connectivity index is 2.45. The molecule has 0 aliphatic rings. The van der Waals surface area contributed by atoms with Gasteiger partial charge in [-0.2, -0.15) is 9.61 Å². The summed E-state index contributed by atoms with van der Waals surface area (Å²) in [6, 6.07) is 0. The molecular weight excluding hydrogens is 198 g/mol. The van der Waals surface area contributed by atoms with E-state index >= 15 is 0 Å². The fourth-order valence-electron chi connectivity index (χ4n) is 1.17. The first kappa shape index (κ1) is 9.54. The van der Waals surface area contributed by atoms with Crippen LogP contribution >= 0.6 is 11.3 Å². The van der Waals surface area contributed by atoms with E-state index in [1.165, 1.54) is 0 Å². The van der Waals surface area contributed by atoms with Gasteiger partial charge in [-0.25, -0.2) is 0 Å². The maximum atomic E-state index is 4.46. The van der Waals surface area contributed by atoms with E-state index in [9.17, 15) is 0 Å². The highest BCUT2D eigenvalue weighted by Crippen LogP contribution is 2.21. The molecule has 76 valence electrons. The summed E-state index contributed by atoms with van der Waals surface area (Å²) < 4.78 is 1.82. The second kappa shape index (κ2) is 3.62. The predicted molar refractivity (Wildman–Crippen MR) is 55.5 cm³/mol. The molecule has 0 unspecified atom stereocenters. The normalized spacial score (nSPS) is 11.7. The molecule has 0 saturated heterocycles. The van der Waals surface area contributed by atoms with Crippen LogP contribution in [0.3, 0.4) is 0 Å². The minimum absolute atomic E-state index is 0.448. The zero-order valence-electron chi connectivity index (χ0n) is 8.48. The molecule has 0 spiro atoms. The third kappa shape index (κ3) is 1.51. The zero-order chi connectivity index (χ0) is 10.1. The summed E-state index contributed by atoms with van der Waals surface area (Å²) in [7, 11) is 1.89. The van der Waals surface area contributed by atoms with Crippen LogP contribution in [0, 0.1) is 0 Å². The lowest BCUT2D eigenvalue weighted by Crippen LogP contribution is -2.09. The highest BCUT2D eigenvalue weighted by molar-refractivity contribution is 7.16. The van der Waals surface area contributed by atoms with E-state index in [0.717, 1.165) is 15.8 Å². The predicted octanol–water partition coefficient (Wildman–Crippen LogP) is 1.03. The summed E-state index contributed by atoms with van der Waals surface area (Å²) in [5.74, 6) is 1.31. The number of fused-ring (bicyclic) bond motifs is 1. The molecule has 2 rings (SSSR count). The van der Waals surface area contributed by atoms with Crippen LogP contribution in [0.25, 0.3) is 4.96 Å². The average molecular weight is 211 g/mol. The SMILES string of the molecule is CNCc1nnc2sc(C(C)C)nn12. The molecule has 0 saturated carbocycles. The minimum Gasteiger partial charge on any atom is -0.313 e. The van der Waals surface area contributed by atoms with Crippen LogP contribution < -0.4 is 5.32 Å². The van der Waals surface area contributed by atoms with Crippen molar-refractivity contribution in [2.75, 3.05) is 7.05 Å². The third-order valence-corrected chi connectivity index (χ3v) is 3.10. The fraction of sp³-hybridized carbons (Fsp3) is 0.625. The Kier molecular flexibility index (Phi) is 2.47. The van der Waals surface area contributed by atoms with Gasteiger partial charge in [-0.15, -0.1) is 10.2 Å². The van der Waals surface area contributed by atoms with Gasteiger partial charge in [-0.05, 0) is 7.05 Å². The molecule has 0 aliphatic carbocycles. The lowest BCUT2D eigenvalue weighted by atomic mass is 10.2. The molecule has 14 heavy (non-hydrogen) atoms. The van der Waals surface area contributed by atoms with Gasteiger partial charge in [0.1, 0.15) is 5.01 Å². The molecule has 6 heteroatoms. The van der Waals surface area contributed by atoms with Gasteiger partial charge in [0, 0.05) is 5.92 Å². The van der Waals surface area contributed by atoms with E-state index in [4.69, 9.17) is 0 Å². The second-order valence-corrected chi connectivity index (χ2v) is 4.42. The Bertz CT molecular complexity index is 430. The smallest absolute Gasteiger partial charge is 0.234 e. The summed E-state index contributed by atoms with van der Waals surface area (Å²) in [5, 5.41) is 16.7. The van der Waals surface area contributed by atoms with Crippen LogP contribution in [-0.2, 0) is 6.54 Å². The quantitative estimate of drug-likeness (QED) is 0.824. The lowest BCUT2D eigenvalue weighted by Gasteiger charge is -1.96. The molecule has 0 fully saturated rings. The number of rotatable bonds is 3. The first-order valence-electron chi connectivity index (χ1n) is 4.58. The number of hydrogen-bond acceptors (Lipinski definition) is 5. The van der Waals surface area contributed by atoms with Crippen molar-refractivity contribution in [2.24, 2.45) is 0 Å². The number of hydrogen-bond donors (Lipinski definition) is 1. The summed E-state index contributed by atoms with van der Waals surface area (Å²) in [5.41, 5.74) is 0. The molecule has 5 nitrogen and oxygen atoms in total. The minimum atomic E-state index is 0.448. The summed E-state index contributed by atoms with van der Waals surface area (Å²) >= 11 is 1.60. The standard InChI is InChI=1S/C8H13N5S/c1-5(2)7-12-13-6(4-9-3)10-11-8(13)14-7/h5,9H,4H2,1-3H3. The van der Waals surface area contributed by atoms with E-state index in [0.29, 0.717) is 12.5 Å². The van der Waals surface area contributed by atoms with Crippen LogP contribution in [0.1, 0.15) is 30.6 Å². The van der Waals surface area contributed by atoms with Crippen molar-refractivity contribution in [3.05, 3.63) is 10.8 Å². The van der Waals surface area contributed by atoms with Gasteiger partial charge >= 0.3 is 0 Å². The van der Waals surface area contributed by atoms with Crippen LogP contribution in [0.2, 0.25) is 0 Å². The molecular formula is C8H13N5S. The van der Waals surface area contributed by atoms with Gasteiger partial charge < -0.3 is 5.32 Å². The van der Waals surface area contributed by atoms with Crippen molar-refractivity contribution in [1.82, 2.24) is 25.1 Å². The van der Waals surface area contributed by atoms with Gasteiger partial charge in [0.05, 0.1) is 6.54 Å². The van der Waals surface area contributed by atoms with Gasteiger partial charge in [0.2, 0.25) is 4.96 Å². The maximum absolute atomic E-state index is 4.46. The summed E-state index contributed by atoms with van der Waals surface area (Å²) in [4.78, 5) is 0.874. The number of aromatic nitrogens is 4. The Morgan fingerprint density at radius 2 is 2.21 bits per heavy atom. The molecule has 1 N–H and O–H groups in total. The Morgan fingerprint density at radius 1 is 1.43 bits per heavy atom. The Labute approximate surface area is 86.2 Å². The lowest BCUT2D eigenvalue weighted by molar-refractivity contribution is 0.705. The Hall–Kier alpha value is -1.01. The first-order chi connectivity index (χ1) is 6.72. The average Bonchev–Trinajstić information content (AvgIpc) is 2.67. The van der Waals surface area contributed by atoms with E-state index in [1.54, 1.807) is 11.3 Å². The van der Waals surface area contributed by atoms with E-state index < -0.39 is 0 Å². The third-order valence-electron chi connectivity index (χ3n) is 1.90. The maximum Gasteiger partial charge on any atom is 0.234 e. The summed E-state index contributed by atoms with van der Waals surface area (Å²) in [6.07, 6.45) is 0. The molecule has 2 aromatic heterocycles. The van der Waals surface area contributed by atoms with Crippen molar-refractivity contribution < 1.29 is 0 Å². The molecule has 0 atom stereocenters. The molecule has 2 heterocycles.